The standard InChI is InChI=1S/C13H20N2O4S/c1-3-10-5-6-11(9-12(10)20(14,17)18)13(16)15-7-4-8-19-2/h5-6,9H,3-4,7-8H2,1-2H3,(H,15,16)(H2,14,17,18). The molecule has 0 fully saturated rings. The Labute approximate surface area is 119 Å². The molecule has 0 aliphatic rings. The van der Waals surface area contributed by atoms with Crippen molar-refractivity contribution in [2.24, 2.45) is 5.14 Å². The van der Waals surface area contributed by atoms with Crippen molar-refractivity contribution in [2.45, 2.75) is 24.7 Å². The van der Waals surface area contributed by atoms with Crippen LogP contribution in [0.1, 0.15) is 29.3 Å². The first-order valence-electron chi connectivity index (χ1n) is 6.33. The fourth-order valence-electron chi connectivity index (χ4n) is 1.77. The normalized spacial score (nSPS) is 11.3. The minimum atomic E-state index is -3.83. The van der Waals surface area contributed by atoms with Gasteiger partial charge in [0.05, 0.1) is 4.90 Å². The first-order valence-corrected chi connectivity index (χ1v) is 7.87. The van der Waals surface area contributed by atoms with E-state index in [1.165, 1.54) is 6.07 Å². The Balaban J connectivity index is 2.89. The number of sulfonamides is 1. The van der Waals surface area contributed by atoms with Crippen LogP contribution in [0.5, 0.6) is 0 Å². The Morgan fingerprint density at radius 2 is 2.10 bits per heavy atom. The van der Waals surface area contributed by atoms with Crippen LogP contribution in [-0.4, -0.2) is 34.6 Å². The first kappa shape index (κ1) is 16.6. The third kappa shape index (κ3) is 4.59. The molecule has 0 atom stereocenters. The smallest absolute Gasteiger partial charge is 0.251 e. The number of carbonyl (C=O) groups excluding carboxylic acids is 1. The van der Waals surface area contributed by atoms with Gasteiger partial charge in [0.2, 0.25) is 10.0 Å². The lowest BCUT2D eigenvalue weighted by molar-refractivity contribution is 0.0948. The highest BCUT2D eigenvalue weighted by Gasteiger charge is 2.16. The summed E-state index contributed by atoms with van der Waals surface area (Å²) in [6, 6.07) is 4.53. The van der Waals surface area contributed by atoms with E-state index in [-0.39, 0.29) is 16.4 Å². The molecule has 6 nitrogen and oxygen atoms in total. The number of aryl methyl sites for hydroxylation is 1. The Morgan fingerprint density at radius 3 is 2.65 bits per heavy atom. The van der Waals surface area contributed by atoms with Crippen molar-refractivity contribution in [3.63, 3.8) is 0 Å². The average molecular weight is 300 g/mol. The third-order valence-corrected chi connectivity index (χ3v) is 3.82. The Morgan fingerprint density at radius 1 is 1.40 bits per heavy atom. The van der Waals surface area contributed by atoms with Crippen molar-refractivity contribution in [3.8, 4) is 0 Å². The van der Waals surface area contributed by atoms with Crippen molar-refractivity contribution in [1.82, 2.24) is 5.32 Å². The maximum atomic E-state index is 11.9. The molecule has 7 heteroatoms. The van der Waals surface area contributed by atoms with Gasteiger partial charge in [-0.1, -0.05) is 13.0 Å². The highest BCUT2D eigenvalue weighted by molar-refractivity contribution is 7.89. The zero-order valence-electron chi connectivity index (χ0n) is 11.7. The highest BCUT2D eigenvalue weighted by Crippen LogP contribution is 2.17. The summed E-state index contributed by atoms with van der Waals surface area (Å²) in [6.07, 6.45) is 1.22. The molecule has 0 heterocycles. The molecule has 1 rings (SSSR count). The van der Waals surface area contributed by atoms with Crippen molar-refractivity contribution >= 4 is 15.9 Å². The lowest BCUT2D eigenvalue weighted by Gasteiger charge is -2.09. The number of amides is 1. The minimum Gasteiger partial charge on any atom is -0.385 e. The summed E-state index contributed by atoms with van der Waals surface area (Å²) >= 11 is 0. The van der Waals surface area contributed by atoms with Gasteiger partial charge < -0.3 is 10.1 Å². The molecular formula is C13H20N2O4S. The van der Waals surface area contributed by atoms with Gasteiger partial charge in [0, 0.05) is 25.8 Å². The van der Waals surface area contributed by atoms with Gasteiger partial charge >= 0.3 is 0 Å². The number of methoxy groups -OCH3 is 1. The fourth-order valence-corrected chi connectivity index (χ4v) is 2.64. The second kappa shape index (κ2) is 7.37. The number of carbonyl (C=O) groups is 1. The van der Waals surface area contributed by atoms with Gasteiger partial charge in [0.1, 0.15) is 0 Å². The Kier molecular flexibility index (Phi) is 6.12. The van der Waals surface area contributed by atoms with Crippen LogP contribution >= 0.6 is 0 Å². The summed E-state index contributed by atoms with van der Waals surface area (Å²) in [7, 11) is -2.24. The van der Waals surface area contributed by atoms with Gasteiger partial charge in [-0.3, -0.25) is 4.79 Å². The van der Waals surface area contributed by atoms with Gasteiger partial charge in [-0.2, -0.15) is 0 Å². The van der Waals surface area contributed by atoms with Crippen LogP contribution in [0, 0.1) is 0 Å². The monoisotopic (exact) mass is 300 g/mol. The average Bonchev–Trinajstić information content (AvgIpc) is 2.41. The maximum absolute atomic E-state index is 11.9. The molecule has 0 saturated heterocycles. The molecule has 0 saturated carbocycles. The molecule has 0 radical (unpaired) electrons. The van der Waals surface area contributed by atoms with Crippen LogP contribution in [0.2, 0.25) is 0 Å². The van der Waals surface area contributed by atoms with Crippen LogP contribution in [0.4, 0.5) is 0 Å². The quantitative estimate of drug-likeness (QED) is 0.723. The maximum Gasteiger partial charge on any atom is 0.251 e. The van der Waals surface area contributed by atoms with E-state index in [1.54, 1.807) is 19.2 Å². The molecule has 0 bridgehead atoms. The number of rotatable bonds is 7. The summed E-state index contributed by atoms with van der Waals surface area (Å²) in [4.78, 5) is 11.9. The van der Waals surface area contributed by atoms with E-state index < -0.39 is 10.0 Å². The Hall–Kier alpha value is -1.44. The summed E-state index contributed by atoms with van der Waals surface area (Å²) in [5, 5.41) is 7.86. The predicted molar refractivity (Wildman–Crippen MR) is 76.0 cm³/mol. The number of primary sulfonamides is 1. The Bertz CT molecular complexity index is 570. The van der Waals surface area contributed by atoms with E-state index in [2.05, 4.69) is 5.32 Å². The molecule has 112 valence electrons. The molecule has 3 N–H and O–H groups in total. The van der Waals surface area contributed by atoms with Crippen molar-refractivity contribution in [1.29, 1.82) is 0 Å². The topological polar surface area (TPSA) is 98.5 Å². The molecule has 0 aliphatic carbocycles. The molecule has 1 amide bonds. The lowest BCUT2D eigenvalue weighted by Crippen LogP contribution is -2.26. The first-order chi connectivity index (χ1) is 9.40. The molecule has 0 aromatic heterocycles. The molecule has 1 aromatic rings. The number of hydrogen-bond acceptors (Lipinski definition) is 4. The van der Waals surface area contributed by atoms with Crippen LogP contribution in [0.3, 0.4) is 0 Å². The molecule has 0 unspecified atom stereocenters. The van der Waals surface area contributed by atoms with E-state index in [4.69, 9.17) is 9.88 Å². The number of nitrogens with two attached hydrogens (primary N) is 1. The number of ether oxygens (including phenoxy) is 1. The lowest BCUT2D eigenvalue weighted by atomic mass is 10.1. The van der Waals surface area contributed by atoms with E-state index in [9.17, 15) is 13.2 Å². The molecule has 0 spiro atoms. The summed E-state index contributed by atoms with van der Waals surface area (Å²) in [5.41, 5.74) is 0.882. The minimum absolute atomic E-state index is 0.00421. The van der Waals surface area contributed by atoms with Crippen LogP contribution < -0.4 is 10.5 Å². The van der Waals surface area contributed by atoms with Crippen molar-refractivity contribution < 1.29 is 17.9 Å². The second-order valence-corrected chi connectivity index (χ2v) is 5.85. The van der Waals surface area contributed by atoms with Crippen molar-refractivity contribution in [3.05, 3.63) is 29.3 Å². The second-order valence-electron chi connectivity index (χ2n) is 4.32. The summed E-state index contributed by atoms with van der Waals surface area (Å²) < 4.78 is 27.9. The van der Waals surface area contributed by atoms with Crippen LogP contribution in [-0.2, 0) is 21.2 Å². The van der Waals surface area contributed by atoms with E-state index in [1.807, 2.05) is 6.92 Å². The summed E-state index contributed by atoms with van der Waals surface area (Å²) in [6.45, 7) is 2.85. The number of hydrogen-bond donors (Lipinski definition) is 2. The fraction of sp³-hybridized carbons (Fsp3) is 0.462. The molecule has 0 aliphatic heterocycles. The van der Waals surface area contributed by atoms with Crippen LogP contribution in [0.15, 0.2) is 23.1 Å². The van der Waals surface area contributed by atoms with Crippen molar-refractivity contribution in [2.75, 3.05) is 20.3 Å². The highest BCUT2D eigenvalue weighted by atomic mass is 32.2. The van der Waals surface area contributed by atoms with Gasteiger partial charge in [0.15, 0.2) is 0 Å². The van der Waals surface area contributed by atoms with E-state index in [0.29, 0.717) is 31.6 Å². The predicted octanol–water partition coefficient (Wildman–Crippen LogP) is 0.663. The molecule has 1 aromatic carbocycles. The van der Waals surface area contributed by atoms with Crippen LogP contribution in [0.25, 0.3) is 0 Å². The number of nitrogens with one attached hydrogen (secondary N) is 1. The molecular weight excluding hydrogens is 280 g/mol. The third-order valence-electron chi connectivity index (χ3n) is 2.83. The summed E-state index contributed by atoms with van der Waals surface area (Å²) in [5.74, 6) is -0.325. The van der Waals surface area contributed by atoms with Gasteiger partial charge in [-0.25, -0.2) is 13.6 Å². The van der Waals surface area contributed by atoms with Gasteiger partial charge in [-0.15, -0.1) is 0 Å². The van der Waals surface area contributed by atoms with Gasteiger partial charge in [0.25, 0.3) is 5.91 Å². The van der Waals surface area contributed by atoms with E-state index in [0.717, 1.165) is 0 Å². The van der Waals surface area contributed by atoms with Gasteiger partial charge in [-0.05, 0) is 30.5 Å². The zero-order chi connectivity index (χ0) is 15.2. The number of benzene rings is 1. The molecule has 20 heavy (non-hydrogen) atoms. The zero-order valence-corrected chi connectivity index (χ0v) is 12.5. The largest absolute Gasteiger partial charge is 0.385 e. The van der Waals surface area contributed by atoms with E-state index >= 15 is 0 Å². The SMILES string of the molecule is CCc1ccc(C(=O)NCCCOC)cc1S(N)(=O)=O.